The number of nitrogens with zero attached hydrogens (tertiary/aromatic N) is 3. The third kappa shape index (κ3) is 6.79. The molecule has 1 aliphatic rings. The number of pyridine rings is 1. The summed E-state index contributed by atoms with van der Waals surface area (Å²) in [7, 11) is 0. The van der Waals surface area contributed by atoms with E-state index in [1.165, 1.54) is 0 Å². The number of alkyl halides is 3. The van der Waals surface area contributed by atoms with Crippen LogP contribution in [0.2, 0.25) is 0 Å². The van der Waals surface area contributed by atoms with Crippen molar-refractivity contribution in [2.24, 2.45) is 5.73 Å². The minimum atomic E-state index is -5.04. The van der Waals surface area contributed by atoms with Crippen molar-refractivity contribution in [2.45, 2.75) is 56.5 Å². The summed E-state index contributed by atoms with van der Waals surface area (Å²) in [6.45, 7) is -0.0201. The highest BCUT2D eigenvalue weighted by Gasteiger charge is 2.46. The van der Waals surface area contributed by atoms with Crippen LogP contribution in [-0.4, -0.2) is 57.4 Å². The number of halogens is 3. The summed E-state index contributed by atoms with van der Waals surface area (Å²) >= 11 is 0. The minimum Gasteiger partial charge on any atom is -0.338 e. The topological polar surface area (TPSA) is 79.5 Å². The largest absolute Gasteiger partial charge is 0.471 e. The Labute approximate surface area is 242 Å². The van der Waals surface area contributed by atoms with Crippen molar-refractivity contribution in [3.05, 3.63) is 114 Å². The number of hydrogen-bond donors (Lipinski definition) is 1. The van der Waals surface area contributed by atoms with Gasteiger partial charge in [0.15, 0.2) is 0 Å². The molecule has 1 aromatic heterocycles. The number of benzene rings is 3. The van der Waals surface area contributed by atoms with Gasteiger partial charge in [-0.1, -0.05) is 78.9 Å². The lowest BCUT2D eigenvalue weighted by Crippen LogP contribution is -2.58. The number of fused-ring (bicyclic) bond motifs is 1. The SMILES string of the molecule is N[C@@H](Cc1ccccc1)C(=O)N1CCC(N(Cc2ccnc3ccccc23)C(=O)C(F)(F)F)CC1Cc1ccccc1. The summed E-state index contributed by atoms with van der Waals surface area (Å²) in [6.07, 6.45) is -2.30. The fourth-order valence-electron chi connectivity index (χ4n) is 5.86. The predicted molar refractivity (Wildman–Crippen MR) is 155 cm³/mol. The Kier molecular flexibility index (Phi) is 8.87. The summed E-state index contributed by atoms with van der Waals surface area (Å²) in [6, 6.07) is 25.9. The second-order valence-electron chi connectivity index (χ2n) is 10.8. The summed E-state index contributed by atoms with van der Waals surface area (Å²) < 4.78 is 41.8. The van der Waals surface area contributed by atoms with Crippen molar-refractivity contribution in [3.8, 4) is 0 Å². The van der Waals surface area contributed by atoms with Gasteiger partial charge >= 0.3 is 12.1 Å². The van der Waals surface area contributed by atoms with Crippen molar-refractivity contribution in [2.75, 3.05) is 6.54 Å². The van der Waals surface area contributed by atoms with Crippen molar-refractivity contribution in [1.29, 1.82) is 0 Å². The first kappa shape index (κ1) is 29.3. The van der Waals surface area contributed by atoms with Crippen molar-refractivity contribution >= 4 is 22.7 Å². The molecule has 9 heteroatoms. The molecule has 3 atom stereocenters. The first-order valence-corrected chi connectivity index (χ1v) is 14.0. The van der Waals surface area contributed by atoms with E-state index in [0.29, 0.717) is 29.3 Å². The zero-order valence-corrected chi connectivity index (χ0v) is 23.1. The van der Waals surface area contributed by atoms with Crippen LogP contribution in [0, 0.1) is 0 Å². The average Bonchev–Trinajstić information content (AvgIpc) is 3.00. The number of nitrogens with two attached hydrogens (primary N) is 1. The van der Waals surface area contributed by atoms with E-state index in [-0.39, 0.29) is 31.8 Å². The molecule has 0 saturated carbocycles. The van der Waals surface area contributed by atoms with Gasteiger partial charge in [-0.3, -0.25) is 14.6 Å². The van der Waals surface area contributed by atoms with E-state index in [2.05, 4.69) is 4.98 Å². The Morgan fingerprint density at radius 3 is 2.26 bits per heavy atom. The summed E-state index contributed by atoms with van der Waals surface area (Å²) in [4.78, 5) is 33.5. The minimum absolute atomic E-state index is 0.197. The van der Waals surface area contributed by atoms with Crippen LogP contribution in [0.5, 0.6) is 0 Å². The average molecular weight is 575 g/mol. The number of carbonyl (C=O) groups is 2. The van der Waals surface area contributed by atoms with Gasteiger partial charge in [0, 0.05) is 36.8 Å². The van der Waals surface area contributed by atoms with Crippen LogP contribution in [0.1, 0.15) is 29.5 Å². The van der Waals surface area contributed by atoms with E-state index in [4.69, 9.17) is 5.73 Å². The molecule has 0 radical (unpaired) electrons. The molecule has 0 aliphatic carbocycles. The van der Waals surface area contributed by atoms with E-state index in [9.17, 15) is 22.8 Å². The molecule has 0 spiro atoms. The second-order valence-corrected chi connectivity index (χ2v) is 10.8. The zero-order chi connectivity index (χ0) is 29.7. The molecule has 2 heterocycles. The van der Waals surface area contributed by atoms with E-state index >= 15 is 0 Å². The van der Waals surface area contributed by atoms with Crippen LogP contribution in [0.4, 0.5) is 13.2 Å². The molecular weight excluding hydrogens is 541 g/mol. The Balaban J connectivity index is 1.43. The number of piperidine rings is 1. The van der Waals surface area contributed by atoms with Crippen molar-refractivity contribution in [1.82, 2.24) is 14.8 Å². The normalized spacial score (nSPS) is 18.0. The molecule has 1 fully saturated rings. The van der Waals surface area contributed by atoms with Crippen LogP contribution in [0.25, 0.3) is 10.9 Å². The van der Waals surface area contributed by atoms with Gasteiger partial charge in [-0.15, -0.1) is 0 Å². The predicted octanol–water partition coefficient (Wildman–Crippen LogP) is 5.30. The number of para-hydroxylation sites is 1. The lowest BCUT2D eigenvalue weighted by molar-refractivity contribution is -0.190. The number of likely N-dealkylation sites (tertiary alicyclic amines) is 1. The molecule has 3 aromatic carbocycles. The first-order chi connectivity index (χ1) is 20.2. The molecule has 2 N–H and O–H groups in total. The Morgan fingerprint density at radius 1 is 0.929 bits per heavy atom. The number of aromatic nitrogens is 1. The third-order valence-corrected chi connectivity index (χ3v) is 7.93. The summed E-state index contributed by atoms with van der Waals surface area (Å²) in [5.41, 5.74) is 9.49. The van der Waals surface area contributed by atoms with Gasteiger partial charge in [-0.05, 0) is 54.5 Å². The van der Waals surface area contributed by atoms with Gasteiger partial charge < -0.3 is 15.5 Å². The number of hydrogen-bond acceptors (Lipinski definition) is 4. The molecule has 1 saturated heterocycles. The molecule has 6 nitrogen and oxygen atoms in total. The Hall–Kier alpha value is -4.24. The lowest BCUT2D eigenvalue weighted by Gasteiger charge is -2.44. The lowest BCUT2D eigenvalue weighted by atomic mass is 9.89. The van der Waals surface area contributed by atoms with Gasteiger partial charge in [0.25, 0.3) is 0 Å². The fourth-order valence-corrected chi connectivity index (χ4v) is 5.86. The summed E-state index contributed by atoms with van der Waals surface area (Å²) in [5, 5.41) is 0.695. The number of carbonyl (C=O) groups excluding carboxylic acids is 2. The van der Waals surface area contributed by atoms with Gasteiger partial charge in [0.05, 0.1) is 11.6 Å². The summed E-state index contributed by atoms with van der Waals surface area (Å²) in [5.74, 6) is -2.13. The van der Waals surface area contributed by atoms with E-state index < -0.39 is 30.2 Å². The molecule has 2 amide bonds. The maximum absolute atomic E-state index is 13.9. The van der Waals surface area contributed by atoms with Crippen LogP contribution >= 0.6 is 0 Å². The molecule has 5 rings (SSSR count). The standard InChI is InChI=1S/C33H33F3N4O2/c34-33(35,36)32(42)40(22-25-15-17-38-30-14-8-7-13-28(25)30)26-16-18-39(27(21-26)19-23-9-3-1-4-10-23)31(41)29(37)20-24-11-5-2-6-12-24/h1-15,17,26-27,29H,16,18-22,37H2/t26?,27?,29-/m0/s1. The molecule has 4 aromatic rings. The smallest absolute Gasteiger partial charge is 0.338 e. The van der Waals surface area contributed by atoms with Crippen LogP contribution in [-0.2, 0) is 29.0 Å². The van der Waals surface area contributed by atoms with E-state index in [1.807, 2.05) is 60.7 Å². The number of amides is 2. The Bertz CT molecular complexity index is 1510. The maximum atomic E-state index is 13.9. The highest BCUT2D eigenvalue weighted by molar-refractivity contribution is 5.85. The Morgan fingerprint density at radius 2 is 1.57 bits per heavy atom. The molecule has 218 valence electrons. The van der Waals surface area contributed by atoms with E-state index in [0.717, 1.165) is 16.0 Å². The highest BCUT2D eigenvalue weighted by Crippen LogP contribution is 2.31. The molecule has 1 aliphatic heterocycles. The van der Waals surface area contributed by atoms with Crippen molar-refractivity contribution in [3.63, 3.8) is 0 Å². The first-order valence-electron chi connectivity index (χ1n) is 14.0. The van der Waals surface area contributed by atoms with E-state index in [1.54, 1.807) is 41.4 Å². The number of rotatable bonds is 8. The molecular formula is C33H33F3N4O2. The second kappa shape index (κ2) is 12.7. The van der Waals surface area contributed by atoms with Gasteiger partial charge in [-0.2, -0.15) is 13.2 Å². The van der Waals surface area contributed by atoms with Gasteiger partial charge in [-0.25, -0.2) is 0 Å². The monoisotopic (exact) mass is 574 g/mol. The van der Waals surface area contributed by atoms with Crippen LogP contribution in [0.15, 0.2) is 97.2 Å². The molecule has 2 unspecified atom stereocenters. The quantitative estimate of drug-likeness (QED) is 0.310. The van der Waals surface area contributed by atoms with Gasteiger partial charge in [0.1, 0.15) is 0 Å². The van der Waals surface area contributed by atoms with Crippen molar-refractivity contribution < 1.29 is 22.8 Å². The van der Waals surface area contributed by atoms with Crippen LogP contribution < -0.4 is 5.73 Å². The van der Waals surface area contributed by atoms with Gasteiger partial charge in [0.2, 0.25) is 5.91 Å². The molecule has 42 heavy (non-hydrogen) atoms. The zero-order valence-electron chi connectivity index (χ0n) is 23.1. The highest BCUT2D eigenvalue weighted by atomic mass is 19.4. The maximum Gasteiger partial charge on any atom is 0.471 e. The fraction of sp³-hybridized carbons (Fsp3) is 0.303. The molecule has 0 bridgehead atoms. The third-order valence-electron chi connectivity index (χ3n) is 7.93. The van der Waals surface area contributed by atoms with Crippen LogP contribution in [0.3, 0.4) is 0 Å².